The van der Waals surface area contributed by atoms with Crippen molar-refractivity contribution in [3.8, 4) is 0 Å². The third kappa shape index (κ3) is 3.02. The number of para-hydroxylation sites is 1. The van der Waals surface area contributed by atoms with Crippen LogP contribution < -0.4 is 11.2 Å². The van der Waals surface area contributed by atoms with Crippen LogP contribution in [0.1, 0.15) is 31.4 Å². The zero-order chi connectivity index (χ0) is 19.7. The molecule has 3 heterocycles. The summed E-state index contributed by atoms with van der Waals surface area (Å²) in [4.78, 5) is 44.5. The first-order chi connectivity index (χ1) is 13.6. The van der Waals surface area contributed by atoms with Crippen LogP contribution in [0.15, 0.2) is 58.4 Å². The smallest absolute Gasteiger partial charge is 0.331 e. The van der Waals surface area contributed by atoms with Crippen molar-refractivity contribution in [2.75, 3.05) is 6.54 Å². The number of nitrogens with zero attached hydrogens (tertiary/aromatic N) is 4. The molecule has 0 N–H and O–H groups in total. The van der Waals surface area contributed by atoms with Gasteiger partial charge in [-0.05, 0) is 49.6 Å². The number of amides is 1. The predicted molar refractivity (Wildman–Crippen MR) is 106 cm³/mol. The second kappa shape index (κ2) is 7.42. The first kappa shape index (κ1) is 18.2. The minimum absolute atomic E-state index is 0.00505. The van der Waals surface area contributed by atoms with E-state index in [1.54, 1.807) is 43.6 Å². The highest BCUT2D eigenvalue weighted by molar-refractivity contribution is 5.82. The molecule has 7 nitrogen and oxygen atoms in total. The average molecular weight is 378 g/mol. The molecular formula is C21H22N4O3. The van der Waals surface area contributed by atoms with Crippen LogP contribution >= 0.6 is 0 Å². The van der Waals surface area contributed by atoms with Crippen LogP contribution in [0.25, 0.3) is 10.9 Å². The van der Waals surface area contributed by atoms with Crippen molar-refractivity contribution in [1.29, 1.82) is 0 Å². The van der Waals surface area contributed by atoms with Crippen molar-refractivity contribution in [1.82, 2.24) is 19.0 Å². The van der Waals surface area contributed by atoms with Gasteiger partial charge in [0.25, 0.3) is 5.56 Å². The van der Waals surface area contributed by atoms with Gasteiger partial charge < -0.3 is 4.90 Å². The number of hydrogen-bond acceptors (Lipinski definition) is 4. The summed E-state index contributed by atoms with van der Waals surface area (Å²) in [7, 11) is 0. The lowest BCUT2D eigenvalue weighted by Gasteiger charge is -2.25. The number of carbonyl (C=O) groups is 1. The molecule has 0 saturated carbocycles. The molecule has 4 rings (SSSR count). The third-order valence-electron chi connectivity index (χ3n) is 5.41. The summed E-state index contributed by atoms with van der Waals surface area (Å²) >= 11 is 0. The molecule has 1 aliphatic rings. The minimum Gasteiger partial charge on any atom is -0.334 e. The summed E-state index contributed by atoms with van der Waals surface area (Å²) in [6.45, 7) is 2.59. The molecule has 1 amide bonds. The zero-order valence-electron chi connectivity index (χ0n) is 15.7. The lowest BCUT2D eigenvalue weighted by molar-refractivity contribution is -0.132. The largest absolute Gasteiger partial charge is 0.334 e. The SMILES string of the molecule is CCn1c(=O)c2ccccc2n(CC(=O)N2CCCC2c2ccncc2)c1=O. The van der Waals surface area contributed by atoms with E-state index < -0.39 is 5.69 Å². The van der Waals surface area contributed by atoms with Crippen LogP contribution in [0.5, 0.6) is 0 Å². The van der Waals surface area contributed by atoms with Gasteiger partial charge in [-0.25, -0.2) is 4.79 Å². The summed E-state index contributed by atoms with van der Waals surface area (Å²) in [5, 5.41) is 0.448. The van der Waals surface area contributed by atoms with Crippen LogP contribution in [0, 0.1) is 0 Å². The van der Waals surface area contributed by atoms with Gasteiger partial charge in [0, 0.05) is 25.5 Å². The Kier molecular flexibility index (Phi) is 4.81. The molecule has 0 radical (unpaired) electrons. The zero-order valence-corrected chi connectivity index (χ0v) is 15.7. The summed E-state index contributed by atoms with van der Waals surface area (Å²) in [5.41, 5.74) is 0.786. The fourth-order valence-corrected chi connectivity index (χ4v) is 4.03. The van der Waals surface area contributed by atoms with Gasteiger partial charge in [-0.3, -0.25) is 23.7 Å². The monoisotopic (exact) mass is 378 g/mol. The molecule has 1 aromatic carbocycles. The number of aromatic nitrogens is 3. The highest BCUT2D eigenvalue weighted by atomic mass is 16.2. The summed E-state index contributed by atoms with van der Waals surface area (Å²) in [6, 6.07) is 10.8. The van der Waals surface area contributed by atoms with E-state index in [2.05, 4.69) is 4.98 Å². The van der Waals surface area contributed by atoms with Gasteiger partial charge in [-0.15, -0.1) is 0 Å². The van der Waals surface area contributed by atoms with Crippen LogP contribution in [-0.4, -0.2) is 31.5 Å². The van der Waals surface area contributed by atoms with Gasteiger partial charge in [-0.2, -0.15) is 0 Å². The maximum absolute atomic E-state index is 13.1. The van der Waals surface area contributed by atoms with Crippen LogP contribution in [-0.2, 0) is 17.9 Å². The molecule has 2 aromatic heterocycles. The second-order valence-electron chi connectivity index (χ2n) is 6.96. The molecule has 0 aliphatic carbocycles. The molecule has 1 aliphatic heterocycles. The van der Waals surface area contributed by atoms with E-state index in [0.717, 1.165) is 18.4 Å². The van der Waals surface area contributed by atoms with Crippen molar-refractivity contribution >= 4 is 16.8 Å². The van der Waals surface area contributed by atoms with Crippen LogP contribution in [0.4, 0.5) is 0 Å². The molecular weight excluding hydrogens is 356 g/mol. The normalized spacial score (nSPS) is 16.6. The molecule has 28 heavy (non-hydrogen) atoms. The van der Waals surface area contributed by atoms with Crippen molar-refractivity contribution in [2.45, 2.75) is 38.9 Å². The molecule has 1 fully saturated rings. The molecule has 144 valence electrons. The average Bonchev–Trinajstić information content (AvgIpc) is 3.22. The van der Waals surface area contributed by atoms with Gasteiger partial charge in [0.15, 0.2) is 0 Å². The lowest BCUT2D eigenvalue weighted by Crippen LogP contribution is -2.43. The molecule has 0 bridgehead atoms. The minimum atomic E-state index is -0.445. The van der Waals surface area contributed by atoms with E-state index in [4.69, 9.17) is 0 Å². The predicted octanol–water partition coefficient (Wildman–Crippen LogP) is 1.94. The maximum atomic E-state index is 13.1. The highest BCUT2D eigenvalue weighted by Crippen LogP contribution is 2.31. The van der Waals surface area contributed by atoms with E-state index >= 15 is 0 Å². The van der Waals surface area contributed by atoms with E-state index in [1.165, 1.54) is 9.13 Å². The Labute approximate surface area is 161 Å². The Balaban J connectivity index is 1.73. The number of fused-ring (bicyclic) bond motifs is 1. The summed E-state index contributed by atoms with van der Waals surface area (Å²) in [6.07, 6.45) is 5.26. The Morgan fingerprint density at radius 2 is 1.86 bits per heavy atom. The third-order valence-corrected chi connectivity index (χ3v) is 5.41. The lowest BCUT2D eigenvalue weighted by atomic mass is 10.1. The number of rotatable bonds is 4. The van der Waals surface area contributed by atoms with Crippen molar-refractivity contribution < 1.29 is 4.79 Å². The fraction of sp³-hybridized carbons (Fsp3) is 0.333. The van der Waals surface area contributed by atoms with E-state index in [1.807, 2.05) is 17.0 Å². The molecule has 0 spiro atoms. The molecule has 1 saturated heterocycles. The molecule has 1 atom stereocenters. The maximum Gasteiger partial charge on any atom is 0.331 e. The number of carbonyl (C=O) groups excluding carboxylic acids is 1. The van der Waals surface area contributed by atoms with Gasteiger partial charge in [-0.1, -0.05) is 12.1 Å². The van der Waals surface area contributed by atoms with Gasteiger partial charge in [0.1, 0.15) is 6.54 Å². The van der Waals surface area contributed by atoms with Crippen molar-refractivity contribution in [2.24, 2.45) is 0 Å². The number of hydrogen-bond donors (Lipinski definition) is 0. The number of benzene rings is 1. The number of likely N-dealkylation sites (tertiary alicyclic amines) is 1. The highest BCUT2D eigenvalue weighted by Gasteiger charge is 2.30. The van der Waals surface area contributed by atoms with Gasteiger partial charge >= 0.3 is 5.69 Å². The number of pyridine rings is 1. The van der Waals surface area contributed by atoms with Crippen LogP contribution in [0.3, 0.4) is 0 Å². The molecule has 1 unspecified atom stereocenters. The first-order valence-electron chi connectivity index (χ1n) is 9.53. The topological polar surface area (TPSA) is 77.2 Å². The molecule has 7 heteroatoms. The van der Waals surface area contributed by atoms with Crippen molar-refractivity contribution in [3.05, 3.63) is 75.2 Å². The standard InChI is InChI=1S/C21H22N4O3/c1-2-23-20(27)16-6-3-4-7-18(16)25(21(23)28)14-19(26)24-13-5-8-17(24)15-9-11-22-12-10-15/h3-4,6-7,9-12,17H,2,5,8,13-14H2,1H3. The molecule has 3 aromatic rings. The van der Waals surface area contributed by atoms with Crippen LogP contribution in [0.2, 0.25) is 0 Å². The Bertz CT molecular complexity index is 1130. The Hall–Kier alpha value is -3.22. The van der Waals surface area contributed by atoms with Crippen molar-refractivity contribution in [3.63, 3.8) is 0 Å². The Morgan fingerprint density at radius 3 is 2.61 bits per heavy atom. The summed E-state index contributed by atoms with van der Waals surface area (Å²) in [5.74, 6) is -0.118. The van der Waals surface area contributed by atoms with E-state index in [-0.39, 0.29) is 30.6 Å². The first-order valence-corrected chi connectivity index (χ1v) is 9.53. The summed E-state index contributed by atoms with van der Waals surface area (Å²) < 4.78 is 2.60. The van der Waals surface area contributed by atoms with E-state index in [0.29, 0.717) is 17.4 Å². The van der Waals surface area contributed by atoms with E-state index in [9.17, 15) is 14.4 Å². The Morgan fingerprint density at radius 1 is 1.11 bits per heavy atom. The second-order valence-corrected chi connectivity index (χ2v) is 6.96. The van der Waals surface area contributed by atoms with Gasteiger partial charge in [0.2, 0.25) is 5.91 Å². The fourth-order valence-electron chi connectivity index (χ4n) is 4.03. The quantitative estimate of drug-likeness (QED) is 0.695. The van der Waals surface area contributed by atoms with Gasteiger partial charge in [0.05, 0.1) is 16.9 Å².